The smallest absolute Gasteiger partial charge is 0.270 e. The van der Waals surface area contributed by atoms with Gasteiger partial charge in [0.2, 0.25) is 21.8 Å². The Morgan fingerprint density at radius 2 is 1.72 bits per heavy atom. The third-order valence-electron chi connectivity index (χ3n) is 9.39. The van der Waals surface area contributed by atoms with Crippen LogP contribution in [0.4, 0.5) is 10.1 Å². The van der Waals surface area contributed by atoms with Crippen LogP contribution in [-0.2, 0) is 26.2 Å². The minimum atomic E-state index is -3.75. The molecule has 46 heavy (non-hydrogen) atoms. The summed E-state index contributed by atoms with van der Waals surface area (Å²) in [5.41, 5.74) is 0.674. The summed E-state index contributed by atoms with van der Waals surface area (Å²) >= 11 is 0. The summed E-state index contributed by atoms with van der Waals surface area (Å²) < 4.78 is 44.9. The van der Waals surface area contributed by atoms with Gasteiger partial charge in [0, 0.05) is 44.8 Å². The third-order valence-corrected chi connectivity index (χ3v) is 10.8. The van der Waals surface area contributed by atoms with Crippen molar-refractivity contribution in [2.45, 2.75) is 77.9 Å². The first-order valence-corrected chi connectivity index (χ1v) is 17.9. The number of nitrogens with one attached hydrogen (secondary N) is 3. The van der Waals surface area contributed by atoms with Crippen molar-refractivity contribution in [3.63, 3.8) is 0 Å². The summed E-state index contributed by atoms with van der Waals surface area (Å²) in [6.45, 7) is 9.95. The Labute approximate surface area is 271 Å². The molecule has 3 amide bonds. The van der Waals surface area contributed by atoms with Crippen LogP contribution in [0.25, 0.3) is 0 Å². The third kappa shape index (κ3) is 8.71. The number of benzene rings is 1. The van der Waals surface area contributed by atoms with Gasteiger partial charge in [0.15, 0.2) is 0 Å². The maximum Gasteiger partial charge on any atom is 0.270 e. The van der Waals surface area contributed by atoms with Crippen molar-refractivity contribution in [1.29, 1.82) is 0 Å². The summed E-state index contributed by atoms with van der Waals surface area (Å²) in [6.07, 6.45) is 4.88. The van der Waals surface area contributed by atoms with Crippen LogP contribution in [0.1, 0.15) is 75.3 Å². The molecule has 1 saturated heterocycles. The lowest BCUT2D eigenvalue weighted by Crippen LogP contribution is -2.55. The molecule has 14 heteroatoms. The summed E-state index contributed by atoms with van der Waals surface area (Å²) in [7, 11) is -1.80. The lowest BCUT2D eigenvalue weighted by atomic mass is 9.79. The van der Waals surface area contributed by atoms with Crippen molar-refractivity contribution in [3.8, 4) is 0 Å². The van der Waals surface area contributed by atoms with Crippen LogP contribution >= 0.6 is 0 Å². The SMILES string of the molecule is CCn1nccc1C(=O)N[C@H](C(=O)Nc1ccc([C@H](C)[C@@H](NS(=O)(=O)CC)C(=O)N2CCN(C)CC2)cc1F)[C@H]1CC[C@H](C)CC1. The van der Waals surface area contributed by atoms with Crippen LogP contribution in [0, 0.1) is 17.7 Å². The first-order chi connectivity index (χ1) is 21.8. The lowest BCUT2D eigenvalue weighted by Gasteiger charge is -2.36. The fourth-order valence-corrected chi connectivity index (χ4v) is 7.05. The number of aromatic nitrogens is 2. The molecule has 0 unspecified atom stereocenters. The predicted molar refractivity (Wildman–Crippen MR) is 174 cm³/mol. The van der Waals surface area contributed by atoms with E-state index in [0.29, 0.717) is 49.9 Å². The highest BCUT2D eigenvalue weighted by atomic mass is 32.2. The number of hydrogen-bond acceptors (Lipinski definition) is 7. The molecule has 3 atom stereocenters. The summed E-state index contributed by atoms with van der Waals surface area (Å²) in [5, 5.41) is 9.72. The van der Waals surface area contributed by atoms with E-state index >= 15 is 4.39 Å². The number of amides is 3. The van der Waals surface area contributed by atoms with Gasteiger partial charge in [-0.25, -0.2) is 17.5 Å². The number of sulfonamides is 1. The maximum absolute atomic E-state index is 15.6. The van der Waals surface area contributed by atoms with Gasteiger partial charge in [0.1, 0.15) is 23.6 Å². The summed E-state index contributed by atoms with van der Waals surface area (Å²) in [5.74, 6) is -2.53. The molecule has 2 heterocycles. The van der Waals surface area contributed by atoms with Crippen molar-refractivity contribution in [1.82, 2.24) is 29.6 Å². The molecule has 12 nitrogen and oxygen atoms in total. The van der Waals surface area contributed by atoms with Crippen LogP contribution in [0.3, 0.4) is 0 Å². The van der Waals surface area contributed by atoms with Crippen molar-refractivity contribution in [2.24, 2.45) is 11.8 Å². The van der Waals surface area contributed by atoms with Crippen LogP contribution in [0.2, 0.25) is 0 Å². The minimum Gasteiger partial charge on any atom is -0.339 e. The number of aryl methyl sites for hydroxylation is 1. The van der Waals surface area contributed by atoms with E-state index in [1.54, 1.807) is 28.6 Å². The Hall–Kier alpha value is -3.36. The first kappa shape index (κ1) is 35.5. The summed E-state index contributed by atoms with van der Waals surface area (Å²) in [4.78, 5) is 44.2. The van der Waals surface area contributed by atoms with Gasteiger partial charge in [-0.1, -0.05) is 32.8 Å². The molecular weight excluding hydrogens is 613 g/mol. The molecule has 0 spiro atoms. The number of halogens is 1. The normalized spacial score (nSPS) is 21.3. The van der Waals surface area contributed by atoms with E-state index in [9.17, 15) is 22.8 Å². The Morgan fingerprint density at radius 3 is 2.33 bits per heavy atom. The van der Waals surface area contributed by atoms with Crippen LogP contribution in [0.5, 0.6) is 0 Å². The first-order valence-electron chi connectivity index (χ1n) is 16.2. The number of nitrogens with zero attached hydrogens (tertiary/aromatic N) is 4. The average Bonchev–Trinajstić information content (AvgIpc) is 3.53. The van der Waals surface area contributed by atoms with Crippen molar-refractivity contribution < 1.29 is 27.2 Å². The highest BCUT2D eigenvalue weighted by Gasteiger charge is 2.36. The van der Waals surface area contributed by atoms with Crippen LogP contribution in [-0.4, -0.2) is 96.8 Å². The number of carbonyl (C=O) groups is 3. The van der Waals surface area contributed by atoms with Crippen LogP contribution in [0.15, 0.2) is 30.5 Å². The number of piperazine rings is 1. The Balaban J connectivity index is 1.54. The van der Waals surface area contributed by atoms with E-state index < -0.39 is 45.7 Å². The monoisotopic (exact) mass is 661 g/mol. The van der Waals surface area contributed by atoms with Gasteiger partial charge in [-0.05, 0) is 69.3 Å². The van der Waals surface area contributed by atoms with Gasteiger partial charge in [-0.3, -0.25) is 19.1 Å². The van der Waals surface area contributed by atoms with Gasteiger partial charge in [-0.15, -0.1) is 0 Å². The van der Waals surface area contributed by atoms with Crippen molar-refractivity contribution in [3.05, 3.63) is 47.5 Å². The fraction of sp³-hybridized carbons (Fsp3) is 0.625. The molecule has 1 saturated carbocycles. The minimum absolute atomic E-state index is 0.0703. The van der Waals surface area contributed by atoms with E-state index in [0.717, 1.165) is 25.7 Å². The molecule has 1 aliphatic carbocycles. The van der Waals surface area contributed by atoms with E-state index in [4.69, 9.17) is 0 Å². The highest BCUT2D eigenvalue weighted by molar-refractivity contribution is 7.89. The van der Waals surface area contributed by atoms with Crippen molar-refractivity contribution >= 4 is 33.4 Å². The van der Waals surface area contributed by atoms with Gasteiger partial charge in [0.25, 0.3) is 5.91 Å². The number of anilines is 1. The van der Waals surface area contributed by atoms with Gasteiger partial charge >= 0.3 is 0 Å². The van der Waals surface area contributed by atoms with E-state index in [1.807, 2.05) is 14.0 Å². The highest BCUT2D eigenvalue weighted by Crippen LogP contribution is 2.32. The largest absolute Gasteiger partial charge is 0.339 e. The molecular formula is C32H48FN7O5S. The molecule has 1 aromatic carbocycles. The second-order valence-corrected chi connectivity index (χ2v) is 14.7. The van der Waals surface area contributed by atoms with Gasteiger partial charge in [0.05, 0.1) is 11.4 Å². The predicted octanol–water partition coefficient (Wildman–Crippen LogP) is 2.79. The molecule has 254 valence electrons. The Kier molecular flexibility index (Phi) is 11.9. The average molecular weight is 662 g/mol. The lowest BCUT2D eigenvalue weighted by molar-refractivity contribution is -0.135. The van der Waals surface area contributed by atoms with E-state index in [-0.39, 0.29) is 23.3 Å². The van der Waals surface area contributed by atoms with Gasteiger partial charge in [-0.2, -0.15) is 5.10 Å². The topological polar surface area (TPSA) is 146 Å². The zero-order chi connectivity index (χ0) is 33.6. The second-order valence-electron chi connectivity index (χ2n) is 12.6. The van der Waals surface area contributed by atoms with Crippen LogP contribution < -0.4 is 15.4 Å². The zero-order valence-electron chi connectivity index (χ0n) is 27.5. The maximum atomic E-state index is 15.6. The van der Waals surface area contributed by atoms with E-state index in [1.165, 1.54) is 25.3 Å². The Morgan fingerprint density at radius 1 is 1.04 bits per heavy atom. The summed E-state index contributed by atoms with van der Waals surface area (Å²) in [6, 6.07) is 3.81. The molecule has 0 bridgehead atoms. The molecule has 3 N–H and O–H groups in total. The number of carbonyl (C=O) groups excluding carboxylic acids is 3. The molecule has 1 aromatic heterocycles. The number of rotatable bonds is 12. The fourth-order valence-electron chi connectivity index (χ4n) is 6.19. The van der Waals surface area contributed by atoms with E-state index in [2.05, 4.69) is 32.3 Å². The second kappa shape index (κ2) is 15.5. The zero-order valence-corrected chi connectivity index (χ0v) is 28.3. The molecule has 2 aliphatic rings. The molecule has 0 radical (unpaired) electrons. The van der Waals surface area contributed by atoms with Gasteiger partial charge < -0.3 is 20.4 Å². The molecule has 1 aliphatic heterocycles. The standard InChI is InChI=1S/C32H48FN7O5S/c1-6-40-27(14-15-34-40)30(41)36-29(23-10-8-21(3)9-11-23)31(42)35-26-13-12-24(20-25(26)33)22(4)28(37-46(44,45)7-2)32(43)39-18-16-38(5)17-19-39/h12-15,20-23,28-29,37H,6-11,16-19H2,1-5H3,(H,35,42)(H,36,41)/t21-,22-,23-,28+,29-/m0/s1. The van der Waals surface area contributed by atoms with Crippen molar-refractivity contribution in [2.75, 3.05) is 44.3 Å². The Bertz CT molecular complexity index is 1480. The molecule has 2 fully saturated rings. The quantitative estimate of drug-likeness (QED) is 0.317. The molecule has 4 rings (SSSR count). The number of likely N-dealkylation sites (N-methyl/N-ethyl adjacent to an activating group) is 1. The molecule has 2 aromatic rings. The number of hydrogen-bond donors (Lipinski definition) is 3.